The maximum absolute atomic E-state index is 12.7. The molecule has 0 saturated heterocycles. The van der Waals surface area contributed by atoms with Gasteiger partial charge in [-0.3, -0.25) is 9.52 Å². The van der Waals surface area contributed by atoms with Crippen molar-refractivity contribution in [1.82, 2.24) is 14.9 Å². The predicted octanol–water partition coefficient (Wildman–Crippen LogP) is 2.92. The van der Waals surface area contributed by atoms with Crippen LogP contribution in [0.15, 0.2) is 52.2 Å². The molecule has 3 aromatic rings. The summed E-state index contributed by atoms with van der Waals surface area (Å²) in [7, 11) is -3.84. The Bertz CT molecular complexity index is 1160. The van der Waals surface area contributed by atoms with Crippen LogP contribution in [0.25, 0.3) is 11.0 Å². The second kappa shape index (κ2) is 8.52. The van der Waals surface area contributed by atoms with E-state index in [1.54, 1.807) is 29.2 Å². The molecular weight excluding hydrogens is 392 g/mol. The van der Waals surface area contributed by atoms with Crippen LogP contribution in [0.2, 0.25) is 0 Å². The number of H-pyrrole nitrogens is 2. The number of amides is 1. The molecule has 8 nitrogen and oxygen atoms in total. The second-order valence-electron chi connectivity index (χ2n) is 6.76. The van der Waals surface area contributed by atoms with Crippen LogP contribution >= 0.6 is 0 Å². The Labute approximate surface area is 169 Å². The van der Waals surface area contributed by atoms with Crippen molar-refractivity contribution in [2.45, 2.75) is 31.6 Å². The van der Waals surface area contributed by atoms with Gasteiger partial charge in [-0.15, -0.1) is 0 Å². The molecule has 0 saturated carbocycles. The first kappa shape index (κ1) is 20.7. The lowest BCUT2D eigenvalue weighted by atomic mass is 10.1. The van der Waals surface area contributed by atoms with Crippen LogP contribution in [-0.2, 0) is 10.0 Å². The fourth-order valence-corrected chi connectivity index (χ4v) is 4.20. The van der Waals surface area contributed by atoms with Crippen molar-refractivity contribution in [3.63, 3.8) is 0 Å². The Hall–Kier alpha value is -3.07. The highest BCUT2D eigenvalue weighted by Gasteiger charge is 2.17. The number of carbonyl (C=O) groups excluding carboxylic acids is 1. The van der Waals surface area contributed by atoms with Gasteiger partial charge in [-0.2, -0.15) is 0 Å². The molecule has 1 aromatic heterocycles. The van der Waals surface area contributed by atoms with E-state index < -0.39 is 15.7 Å². The average molecular weight is 417 g/mol. The van der Waals surface area contributed by atoms with Crippen LogP contribution in [0.4, 0.5) is 5.69 Å². The lowest BCUT2D eigenvalue weighted by Gasteiger charge is -2.21. The minimum Gasteiger partial charge on any atom is -0.339 e. The summed E-state index contributed by atoms with van der Waals surface area (Å²) in [4.78, 5) is 30.9. The summed E-state index contributed by atoms with van der Waals surface area (Å²) in [5.41, 5.74) is 1.40. The third kappa shape index (κ3) is 4.68. The summed E-state index contributed by atoms with van der Waals surface area (Å²) in [5, 5.41) is 0. The number of sulfonamides is 1. The van der Waals surface area contributed by atoms with Gasteiger partial charge in [0, 0.05) is 24.3 Å². The lowest BCUT2D eigenvalue weighted by molar-refractivity contribution is 0.0755. The van der Waals surface area contributed by atoms with E-state index in [-0.39, 0.29) is 10.8 Å². The van der Waals surface area contributed by atoms with E-state index in [1.807, 2.05) is 13.8 Å². The van der Waals surface area contributed by atoms with Gasteiger partial charge in [-0.1, -0.05) is 13.8 Å². The molecule has 0 aliphatic carbocycles. The van der Waals surface area contributed by atoms with E-state index in [9.17, 15) is 18.0 Å². The number of rotatable bonds is 8. The largest absolute Gasteiger partial charge is 0.339 e. The zero-order chi connectivity index (χ0) is 21.0. The van der Waals surface area contributed by atoms with Crippen molar-refractivity contribution in [3.8, 4) is 0 Å². The van der Waals surface area contributed by atoms with E-state index in [0.29, 0.717) is 35.4 Å². The zero-order valence-corrected chi connectivity index (χ0v) is 17.2. The molecule has 9 heteroatoms. The minimum atomic E-state index is -3.84. The molecular formula is C20H24N4O4S. The van der Waals surface area contributed by atoms with Crippen LogP contribution < -0.4 is 10.4 Å². The lowest BCUT2D eigenvalue weighted by Crippen LogP contribution is -2.32. The van der Waals surface area contributed by atoms with E-state index in [0.717, 1.165) is 12.8 Å². The van der Waals surface area contributed by atoms with Crippen LogP contribution in [-0.4, -0.2) is 42.3 Å². The van der Waals surface area contributed by atoms with Gasteiger partial charge in [0.25, 0.3) is 15.9 Å². The summed E-state index contributed by atoms with van der Waals surface area (Å²) in [6, 6.07) is 10.7. The Morgan fingerprint density at radius 3 is 2.21 bits per heavy atom. The third-order valence-electron chi connectivity index (χ3n) is 4.46. The third-order valence-corrected chi connectivity index (χ3v) is 5.84. The molecule has 0 aliphatic heterocycles. The Morgan fingerprint density at radius 2 is 1.59 bits per heavy atom. The summed E-state index contributed by atoms with van der Waals surface area (Å²) >= 11 is 0. The fraction of sp³-hybridized carbons (Fsp3) is 0.300. The highest BCUT2D eigenvalue weighted by Crippen LogP contribution is 2.20. The Morgan fingerprint density at radius 1 is 0.966 bits per heavy atom. The number of carbonyl (C=O) groups is 1. The van der Waals surface area contributed by atoms with Crippen LogP contribution in [0.3, 0.4) is 0 Å². The molecule has 0 radical (unpaired) electrons. The molecule has 0 bridgehead atoms. The standard InChI is InChI=1S/C20H24N4O4S/c1-3-11-24(12-4-2)19(25)14-5-7-15(8-6-14)23-29(27,28)16-9-10-17-18(13-16)22-20(26)21-17/h5-10,13,23H,3-4,11-12H2,1-2H3,(H2,21,22,26). The molecule has 3 rings (SSSR count). The van der Waals surface area contributed by atoms with Gasteiger partial charge in [0.2, 0.25) is 0 Å². The molecule has 3 N–H and O–H groups in total. The summed E-state index contributed by atoms with van der Waals surface area (Å²) in [5.74, 6) is -0.0648. The van der Waals surface area contributed by atoms with Crippen molar-refractivity contribution >= 4 is 32.7 Å². The zero-order valence-electron chi connectivity index (χ0n) is 16.4. The van der Waals surface area contributed by atoms with E-state index in [1.165, 1.54) is 18.2 Å². The topological polar surface area (TPSA) is 115 Å². The number of nitrogens with zero attached hydrogens (tertiary/aromatic N) is 1. The summed E-state index contributed by atoms with van der Waals surface area (Å²) in [6.45, 7) is 5.41. The van der Waals surface area contributed by atoms with Crippen molar-refractivity contribution in [2.24, 2.45) is 0 Å². The SMILES string of the molecule is CCCN(CCC)C(=O)c1ccc(NS(=O)(=O)c2ccc3[nH]c(=O)[nH]c3c2)cc1. The number of nitrogens with one attached hydrogen (secondary N) is 3. The van der Waals surface area contributed by atoms with E-state index >= 15 is 0 Å². The number of aromatic nitrogens is 2. The highest BCUT2D eigenvalue weighted by atomic mass is 32.2. The molecule has 1 heterocycles. The Balaban J connectivity index is 1.78. The van der Waals surface area contributed by atoms with Gasteiger partial charge in [-0.25, -0.2) is 13.2 Å². The van der Waals surface area contributed by atoms with Crippen molar-refractivity contribution in [2.75, 3.05) is 17.8 Å². The molecule has 0 unspecified atom stereocenters. The molecule has 154 valence electrons. The molecule has 0 spiro atoms. The molecule has 29 heavy (non-hydrogen) atoms. The predicted molar refractivity (Wildman–Crippen MR) is 113 cm³/mol. The van der Waals surface area contributed by atoms with Crippen molar-refractivity contribution in [1.29, 1.82) is 0 Å². The first-order chi connectivity index (χ1) is 13.8. The highest BCUT2D eigenvalue weighted by molar-refractivity contribution is 7.92. The van der Waals surface area contributed by atoms with Gasteiger partial charge in [0.05, 0.1) is 15.9 Å². The van der Waals surface area contributed by atoms with Crippen molar-refractivity contribution in [3.05, 3.63) is 58.5 Å². The number of aromatic amines is 2. The van der Waals surface area contributed by atoms with Gasteiger partial charge < -0.3 is 14.9 Å². The van der Waals surface area contributed by atoms with Crippen LogP contribution in [0, 0.1) is 0 Å². The van der Waals surface area contributed by atoms with E-state index in [2.05, 4.69) is 14.7 Å². The first-order valence-corrected chi connectivity index (χ1v) is 11.0. The summed E-state index contributed by atoms with van der Waals surface area (Å²) < 4.78 is 27.8. The molecule has 0 aliphatic rings. The number of benzene rings is 2. The number of fused-ring (bicyclic) bond motifs is 1. The van der Waals surface area contributed by atoms with Gasteiger partial charge >= 0.3 is 5.69 Å². The van der Waals surface area contributed by atoms with Crippen LogP contribution in [0.1, 0.15) is 37.0 Å². The normalized spacial score (nSPS) is 11.5. The maximum atomic E-state index is 12.7. The van der Waals surface area contributed by atoms with E-state index in [4.69, 9.17) is 0 Å². The van der Waals surface area contributed by atoms with Crippen LogP contribution in [0.5, 0.6) is 0 Å². The molecule has 0 fully saturated rings. The molecule has 1 amide bonds. The quantitative estimate of drug-likeness (QED) is 0.524. The number of hydrogen-bond donors (Lipinski definition) is 3. The minimum absolute atomic E-state index is 0.0254. The smallest absolute Gasteiger partial charge is 0.323 e. The molecule has 2 aromatic carbocycles. The monoisotopic (exact) mass is 416 g/mol. The second-order valence-corrected chi connectivity index (χ2v) is 8.44. The fourth-order valence-electron chi connectivity index (χ4n) is 3.11. The first-order valence-electron chi connectivity index (χ1n) is 9.48. The number of imidazole rings is 1. The van der Waals surface area contributed by atoms with Gasteiger partial charge in [-0.05, 0) is 55.3 Å². The Kier molecular flexibility index (Phi) is 6.07. The van der Waals surface area contributed by atoms with Gasteiger partial charge in [0.15, 0.2) is 0 Å². The average Bonchev–Trinajstić information content (AvgIpc) is 3.07. The van der Waals surface area contributed by atoms with Gasteiger partial charge in [0.1, 0.15) is 0 Å². The van der Waals surface area contributed by atoms with Crippen molar-refractivity contribution < 1.29 is 13.2 Å². The summed E-state index contributed by atoms with van der Waals surface area (Å²) in [6.07, 6.45) is 1.75. The number of hydrogen-bond acceptors (Lipinski definition) is 4. The maximum Gasteiger partial charge on any atom is 0.323 e. The molecule has 0 atom stereocenters. The number of anilines is 1.